The Hall–Kier alpha value is -14.6. The Bertz CT molecular complexity index is 4310. The zero-order valence-corrected chi connectivity index (χ0v) is 63.8. The van der Waals surface area contributed by atoms with Gasteiger partial charge < -0.3 is 33.9 Å². The first-order chi connectivity index (χ1) is 57.3. The molecule has 0 saturated carbocycles. The van der Waals surface area contributed by atoms with Crippen molar-refractivity contribution >= 4 is 160 Å². The second kappa shape index (κ2) is 45.0. The number of hydroxylamine groups is 18. The zero-order chi connectivity index (χ0) is 93.0. The molecule has 10 aliphatic rings. The van der Waals surface area contributed by atoms with Gasteiger partial charge in [0, 0.05) is 141 Å². The summed E-state index contributed by atoms with van der Waals surface area (Å²) in [4.78, 5) is 337. The summed E-state index contributed by atoms with van der Waals surface area (Å²) in [7, 11) is 0. The molecule has 1 aromatic carbocycles. The molecule has 10 heterocycles. The average molecular weight is 1770 g/mol. The molecule has 20 amide bonds. The SMILES string of the molecule is C=CC(=O)ON1C(=O)C(F)C(F)C1=O.C=CC(=O)ON1C(=O)CCC1=O.CC(=O)ON1C(=O)CCC1=O.CC(F)(F)CCC(=O)ON1C(=O)CCC1=O.CCCC(=O)ON1C(=O)CC(C(F)(F)C(F)(F)F)C1=O.O=C(ON1C(=O)CCC1=O)ON1C(=O)CCC1=O.O=C(ON1C(=O)CCC1=O)c1ccccc1.O=C1CCCN1C(=O)ON1C(=O)CCC1=O. The maximum atomic E-state index is 13.1. The van der Waals surface area contributed by atoms with Crippen molar-refractivity contribution in [1.29, 1.82) is 0 Å². The molecule has 0 N–H and O–H groups in total. The van der Waals surface area contributed by atoms with Crippen LogP contribution in [0.4, 0.5) is 49.1 Å². The summed E-state index contributed by atoms with van der Waals surface area (Å²) < 4.78 is 112. The van der Waals surface area contributed by atoms with E-state index in [-0.39, 0.29) is 142 Å². The molecule has 0 aromatic heterocycles. The standard InChI is InChI=1S/C11H9NO4.C10H10F5NO4.C9H11F2NO4.C9H8N2O7.C9H10N2O5.C7H5F2NO4.C7H7NO4.C6H7NO4/c13-9-6-7-10(14)12(9)16-11(15)8-4-2-1-3-5-8;1-2-3-7(18)20-16-6(17)4-5(8(16)19)9(11,12)10(13,14)15;1-9(10,11)5-4-8(15)16-12-6(13)2-3-7(12)14;12-5-1-2-6(13)10(5)17-9(16)18-11-7(14)3-4-8(11)15;12-6-2-1-5-10(6)9(15)16-11-7(13)3-4-8(11)14;1-2-3(11)14-10-6(12)4(8)5(9)7(10)13;1-2-7(11)12-8-5(9)3-4-6(8)10;1-4(8)11-7-5(9)2-3-6(7)10/h1-5H,6-7H2;5H,2-4H2,1H3;2-5H2,1H3;1-4H2;1-5H2;2,4-5H,1H2;2H,1,3-4H2;2-3H2,1H3. The van der Waals surface area contributed by atoms with E-state index in [0.29, 0.717) is 50.3 Å². The Balaban J connectivity index is 0.000000297. The first kappa shape index (κ1) is 101. The number of carbonyl (C=O) groups excluding carboxylic acids is 27. The van der Waals surface area contributed by atoms with Crippen LogP contribution < -0.4 is 0 Å². The van der Waals surface area contributed by atoms with Crippen LogP contribution in [0.3, 0.4) is 0 Å². The Morgan fingerprint density at radius 1 is 0.398 bits per heavy atom. The summed E-state index contributed by atoms with van der Waals surface area (Å²) in [6.07, 6.45) is -13.3. The average Bonchev–Trinajstić information content (AvgIpc) is 1.63. The number of imide groups is 10. The first-order valence-electron chi connectivity index (χ1n) is 35.2. The lowest BCUT2D eigenvalue weighted by Gasteiger charge is -2.23. The fourth-order valence-corrected chi connectivity index (χ4v) is 9.51. The lowest BCUT2D eigenvalue weighted by Crippen LogP contribution is -2.47. The number of rotatable bonds is 18. The number of hydrogen-bond acceptors (Lipinski definition) is 36. The molecule has 0 bridgehead atoms. The molecule has 46 nitrogen and oxygen atoms in total. The number of amides is 20. The van der Waals surface area contributed by atoms with Gasteiger partial charge in [-0.3, -0.25) is 101 Å². The van der Waals surface area contributed by atoms with Crippen LogP contribution >= 0.6 is 0 Å². The lowest BCUT2D eigenvalue weighted by molar-refractivity contribution is -0.298. The molecule has 11 rings (SSSR count). The van der Waals surface area contributed by atoms with Crippen LogP contribution in [0.5, 0.6) is 0 Å². The van der Waals surface area contributed by atoms with Gasteiger partial charge in [0.25, 0.3) is 94.5 Å². The van der Waals surface area contributed by atoms with E-state index in [9.17, 15) is 169 Å². The van der Waals surface area contributed by atoms with Crippen LogP contribution in [0.1, 0.15) is 166 Å². The van der Waals surface area contributed by atoms with Crippen molar-refractivity contribution in [2.45, 2.75) is 186 Å². The van der Waals surface area contributed by atoms with Crippen LogP contribution in [0, 0.1) is 5.92 Å². The van der Waals surface area contributed by atoms with Gasteiger partial charge in [-0.05, 0) is 31.9 Å². The van der Waals surface area contributed by atoms with Crippen LogP contribution in [-0.2, 0) is 159 Å². The van der Waals surface area contributed by atoms with E-state index < -0.39 is 210 Å². The summed E-state index contributed by atoms with van der Waals surface area (Å²) in [5.74, 6) is -31.3. The fraction of sp³-hybridized carbons (Fsp3) is 0.456. The third-order valence-electron chi connectivity index (χ3n) is 15.6. The highest BCUT2D eigenvalue weighted by Crippen LogP contribution is 2.46. The monoisotopic (exact) mass is 1770 g/mol. The number of halogens is 9. The Morgan fingerprint density at radius 3 is 1.06 bits per heavy atom. The van der Waals surface area contributed by atoms with Gasteiger partial charge in [-0.25, -0.2) is 56.0 Å². The molecule has 0 radical (unpaired) electrons. The second-order valence-corrected chi connectivity index (χ2v) is 25.0. The number of nitrogens with zero attached hydrogens (tertiary/aromatic N) is 10. The van der Waals surface area contributed by atoms with Crippen molar-refractivity contribution < 1.29 is 213 Å². The number of carbonyl (C=O) groups is 27. The molecule has 0 aliphatic carbocycles. The fourth-order valence-electron chi connectivity index (χ4n) is 9.51. The lowest BCUT2D eigenvalue weighted by atomic mass is 9.99. The maximum absolute atomic E-state index is 13.1. The molecule has 3 atom stereocenters. The Labute approximate surface area is 681 Å². The van der Waals surface area contributed by atoms with Crippen LogP contribution in [0.15, 0.2) is 55.6 Å². The summed E-state index contributed by atoms with van der Waals surface area (Å²) in [5.41, 5.74) is 0.301. The number of benzene rings is 1. The highest BCUT2D eigenvalue weighted by molar-refractivity contribution is 6.09. The molecular formula is C68H67F9N10O36. The molecule has 1 aromatic rings. The quantitative estimate of drug-likeness (QED) is 0.115. The van der Waals surface area contributed by atoms with Crippen molar-refractivity contribution in [2.75, 3.05) is 6.54 Å². The molecule has 668 valence electrons. The van der Waals surface area contributed by atoms with Crippen LogP contribution in [0.25, 0.3) is 0 Å². The minimum Gasteiger partial charge on any atom is -0.331 e. The van der Waals surface area contributed by atoms with Gasteiger partial charge in [-0.15, -0.1) is 30.4 Å². The summed E-state index contributed by atoms with van der Waals surface area (Å²) in [5, 5.41) is 2.27. The number of likely N-dealkylation sites (tertiary alicyclic amines) is 1. The molecule has 10 saturated heterocycles. The normalized spacial score (nSPS) is 19.3. The zero-order valence-electron chi connectivity index (χ0n) is 63.8. The second-order valence-electron chi connectivity index (χ2n) is 25.0. The van der Waals surface area contributed by atoms with Gasteiger partial charge in [0.2, 0.25) is 24.2 Å². The number of alkyl halides is 9. The van der Waals surface area contributed by atoms with E-state index in [1.165, 1.54) is 0 Å². The van der Waals surface area contributed by atoms with E-state index >= 15 is 0 Å². The van der Waals surface area contributed by atoms with E-state index in [2.05, 4.69) is 51.9 Å². The minimum atomic E-state index is -5.98. The van der Waals surface area contributed by atoms with Crippen LogP contribution in [0.2, 0.25) is 0 Å². The molecule has 0 spiro atoms. The Morgan fingerprint density at radius 2 is 0.724 bits per heavy atom. The largest absolute Gasteiger partial charge is 0.560 e. The molecule has 3 unspecified atom stereocenters. The predicted octanol–water partition coefficient (Wildman–Crippen LogP) is 1.90. The summed E-state index contributed by atoms with van der Waals surface area (Å²) >= 11 is 0. The maximum Gasteiger partial charge on any atom is 0.560 e. The molecule has 10 aliphatic heterocycles. The third kappa shape index (κ3) is 29.1. The van der Waals surface area contributed by atoms with Gasteiger partial charge in [0.05, 0.1) is 12.0 Å². The van der Waals surface area contributed by atoms with Crippen molar-refractivity contribution in [3.05, 3.63) is 61.2 Å². The smallest absolute Gasteiger partial charge is 0.331 e. The van der Waals surface area contributed by atoms with Crippen molar-refractivity contribution in [1.82, 2.24) is 50.5 Å². The van der Waals surface area contributed by atoms with Crippen molar-refractivity contribution in [2.24, 2.45) is 5.92 Å². The molecular weight excluding hydrogens is 1700 g/mol. The van der Waals surface area contributed by atoms with Gasteiger partial charge in [0.1, 0.15) is 5.92 Å². The van der Waals surface area contributed by atoms with Gasteiger partial charge >= 0.3 is 72.0 Å². The van der Waals surface area contributed by atoms with E-state index in [1.807, 2.05) is 0 Å². The van der Waals surface area contributed by atoms with Gasteiger partial charge in [-0.2, -0.15) is 26.7 Å². The summed E-state index contributed by atoms with van der Waals surface area (Å²) in [6.45, 7) is 9.76. The third-order valence-corrected chi connectivity index (χ3v) is 15.6. The highest BCUT2D eigenvalue weighted by Gasteiger charge is 2.68. The topological polar surface area (TPSA) is 576 Å². The first-order valence-corrected chi connectivity index (χ1v) is 35.2. The van der Waals surface area contributed by atoms with Gasteiger partial charge in [-0.1, -0.05) is 53.5 Å². The van der Waals surface area contributed by atoms with Gasteiger partial charge in [0.15, 0.2) is 0 Å². The molecule has 55 heteroatoms. The predicted molar refractivity (Wildman–Crippen MR) is 358 cm³/mol. The van der Waals surface area contributed by atoms with Crippen LogP contribution in [-0.4, -0.2) is 248 Å². The van der Waals surface area contributed by atoms with E-state index in [1.54, 1.807) is 37.3 Å². The summed E-state index contributed by atoms with van der Waals surface area (Å²) in [6, 6.07) is 8.19. The molecule has 10 fully saturated rings. The van der Waals surface area contributed by atoms with Crippen molar-refractivity contribution in [3.8, 4) is 0 Å². The van der Waals surface area contributed by atoms with E-state index in [0.717, 1.165) is 17.9 Å². The Kier molecular flexibility index (Phi) is 36.8. The minimum absolute atomic E-state index is 0.0178. The molecule has 123 heavy (non-hydrogen) atoms. The van der Waals surface area contributed by atoms with Crippen molar-refractivity contribution in [3.63, 3.8) is 0 Å². The highest BCUT2D eigenvalue weighted by atomic mass is 19.4. The number of hydrogen-bond donors (Lipinski definition) is 0. The van der Waals surface area contributed by atoms with E-state index in [4.69, 9.17) is 4.84 Å².